The molecule has 4 nitrogen and oxygen atoms in total. The Morgan fingerprint density at radius 1 is 1.40 bits per heavy atom. The predicted octanol–water partition coefficient (Wildman–Crippen LogP) is 2.32. The maximum absolute atomic E-state index is 13.4. The van der Waals surface area contributed by atoms with Crippen LogP contribution in [0.15, 0.2) is 18.3 Å². The van der Waals surface area contributed by atoms with Crippen molar-refractivity contribution in [2.24, 2.45) is 5.92 Å². The van der Waals surface area contributed by atoms with Crippen LogP contribution >= 0.6 is 0 Å². The lowest BCUT2D eigenvalue weighted by molar-refractivity contribution is 0.0924. The van der Waals surface area contributed by atoms with Gasteiger partial charge in [0, 0.05) is 18.8 Å². The van der Waals surface area contributed by atoms with E-state index >= 15 is 0 Å². The van der Waals surface area contributed by atoms with Gasteiger partial charge in [0.05, 0.1) is 5.56 Å². The van der Waals surface area contributed by atoms with Gasteiger partial charge in [0.2, 0.25) is 5.95 Å². The standard InChI is InChI=1S/C15H24FN3O/c1-5-11(6-2)13(19(3)4)10-18-15(20)12-8-7-9-17-14(12)16/h7-9,11,13H,5-6,10H2,1-4H3,(H,18,20). The second-order valence-corrected chi connectivity index (χ2v) is 5.16. The second-order valence-electron chi connectivity index (χ2n) is 5.16. The van der Waals surface area contributed by atoms with E-state index < -0.39 is 11.9 Å². The minimum atomic E-state index is -0.728. The number of nitrogens with zero attached hydrogens (tertiary/aromatic N) is 2. The molecule has 0 saturated heterocycles. The van der Waals surface area contributed by atoms with E-state index in [9.17, 15) is 9.18 Å². The summed E-state index contributed by atoms with van der Waals surface area (Å²) in [4.78, 5) is 17.6. The second kappa shape index (κ2) is 7.94. The molecule has 1 rings (SSSR count). The van der Waals surface area contributed by atoms with Gasteiger partial charge in [-0.1, -0.05) is 26.7 Å². The van der Waals surface area contributed by atoms with Crippen LogP contribution in [0.25, 0.3) is 0 Å². The quantitative estimate of drug-likeness (QED) is 0.780. The topological polar surface area (TPSA) is 45.2 Å². The van der Waals surface area contributed by atoms with Crippen LogP contribution in [0.4, 0.5) is 4.39 Å². The van der Waals surface area contributed by atoms with Crippen LogP contribution in [0.3, 0.4) is 0 Å². The van der Waals surface area contributed by atoms with Crippen molar-refractivity contribution in [2.75, 3.05) is 20.6 Å². The zero-order valence-corrected chi connectivity index (χ0v) is 12.7. The Labute approximate surface area is 120 Å². The smallest absolute Gasteiger partial charge is 0.255 e. The van der Waals surface area contributed by atoms with Gasteiger partial charge in [0.25, 0.3) is 5.91 Å². The van der Waals surface area contributed by atoms with E-state index in [2.05, 4.69) is 29.0 Å². The molecule has 0 radical (unpaired) electrons. The van der Waals surface area contributed by atoms with E-state index in [-0.39, 0.29) is 11.6 Å². The molecule has 0 aromatic carbocycles. The van der Waals surface area contributed by atoms with Crippen molar-refractivity contribution in [3.05, 3.63) is 29.8 Å². The summed E-state index contributed by atoms with van der Waals surface area (Å²) in [6.07, 6.45) is 3.44. The van der Waals surface area contributed by atoms with Gasteiger partial charge in [0.1, 0.15) is 0 Å². The lowest BCUT2D eigenvalue weighted by Gasteiger charge is -2.31. The van der Waals surface area contributed by atoms with Crippen molar-refractivity contribution >= 4 is 5.91 Å². The molecule has 0 aliphatic carbocycles. The highest BCUT2D eigenvalue weighted by atomic mass is 19.1. The first kappa shape index (κ1) is 16.6. The third kappa shape index (κ3) is 4.27. The molecule has 20 heavy (non-hydrogen) atoms. The van der Waals surface area contributed by atoms with Gasteiger partial charge < -0.3 is 10.2 Å². The van der Waals surface area contributed by atoms with Crippen LogP contribution in [0.5, 0.6) is 0 Å². The summed E-state index contributed by atoms with van der Waals surface area (Å²) in [6, 6.07) is 3.25. The first-order valence-electron chi connectivity index (χ1n) is 7.06. The Hall–Kier alpha value is -1.49. The summed E-state index contributed by atoms with van der Waals surface area (Å²) in [5.74, 6) is -0.633. The van der Waals surface area contributed by atoms with Gasteiger partial charge in [-0.3, -0.25) is 4.79 Å². The number of hydrogen-bond donors (Lipinski definition) is 1. The number of carbonyl (C=O) groups is 1. The van der Waals surface area contributed by atoms with Gasteiger partial charge in [-0.25, -0.2) is 4.98 Å². The van der Waals surface area contributed by atoms with Crippen LogP contribution in [0.1, 0.15) is 37.0 Å². The number of halogens is 1. The molecule has 1 aromatic heterocycles. The zero-order chi connectivity index (χ0) is 15.1. The summed E-state index contributed by atoms with van der Waals surface area (Å²) in [5, 5.41) is 2.81. The number of nitrogens with one attached hydrogen (secondary N) is 1. The summed E-state index contributed by atoms with van der Waals surface area (Å²) < 4.78 is 13.4. The highest BCUT2D eigenvalue weighted by Gasteiger charge is 2.22. The van der Waals surface area contributed by atoms with E-state index in [4.69, 9.17) is 0 Å². The Balaban J connectivity index is 2.68. The van der Waals surface area contributed by atoms with Crippen molar-refractivity contribution < 1.29 is 9.18 Å². The van der Waals surface area contributed by atoms with Crippen LogP contribution < -0.4 is 5.32 Å². The summed E-state index contributed by atoms with van der Waals surface area (Å²) in [6.45, 7) is 4.80. The molecule has 1 N–H and O–H groups in total. The number of rotatable bonds is 7. The molecule has 1 amide bonds. The predicted molar refractivity (Wildman–Crippen MR) is 78.1 cm³/mol. The number of pyridine rings is 1. The van der Waals surface area contributed by atoms with Gasteiger partial charge in [-0.15, -0.1) is 0 Å². The third-order valence-electron chi connectivity index (χ3n) is 3.73. The number of carbonyl (C=O) groups excluding carboxylic acids is 1. The fourth-order valence-corrected chi connectivity index (χ4v) is 2.45. The molecule has 0 bridgehead atoms. The SMILES string of the molecule is CCC(CC)C(CNC(=O)c1cccnc1F)N(C)C. The Morgan fingerprint density at radius 2 is 2.05 bits per heavy atom. The molecule has 1 unspecified atom stereocenters. The van der Waals surface area contributed by atoms with Gasteiger partial charge in [-0.05, 0) is 32.1 Å². The van der Waals surface area contributed by atoms with Gasteiger partial charge in [0.15, 0.2) is 0 Å². The monoisotopic (exact) mass is 281 g/mol. The molecular weight excluding hydrogens is 257 g/mol. The van der Waals surface area contributed by atoms with Gasteiger partial charge in [-0.2, -0.15) is 4.39 Å². The zero-order valence-electron chi connectivity index (χ0n) is 12.7. The molecule has 1 heterocycles. The number of likely N-dealkylation sites (N-methyl/N-ethyl adjacent to an activating group) is 1. The van der Waals surface area contributed by atoms with Crippen molar-refractivity contribution in [1.82, 2.24) is 15.2 Å². The molecule has 0 spiro atoms. The van der Waals surface area contributed by atoms with E-state index in [0.717, 1.165) is 12.8 Å². The Kier molecular flexibility index (Phi) is 6.58. The summed E-state index contributed by atoms with van der Waals surface area (Å²) in [5.41, 5.74) is -0.00504. The van der Waals surface area contributed by atoms with Crippen LogP contribution in [-0.2, 0) is 0 Å². The van der Waals surface area contributed by atoms with Crippen LogP contribution in [0, 0.1) is 11.9 Å². The van der Waals surface area contributed by atoms with E-state index in [1.807, 2.05) is 14.1 Å². The fourth-order valence-electron chi connectivity index (χ4n) is 2.45. The lowest BCUT2D eigenvalue weighted by Crippen LogP contribution is -2.44. The minimum absolute atomic E-state index is 0.00504. The molecule has 0 aliphatic heterocycles. The van der Waals surface area contributed by atoms with Crippen molar-refractivity contribution in [2.45, 2.75) is 32.7 Å². The minimum Gasteiger partial charge on any atom is -0.350 e. The van der Waals surface area contributed by atoms with E-state index in [0.29, 0.717) is 12.5 Å². The third-order valence-corrected chi connectivity index (χ3v) is 3.73. The van der Waals surface area contributed by atoms with Crippen molar-refractivity contribution in [3.8, 4) is 0 Å². The Morgan fingerprint density at radius 3 is 2.55 bits per heavy atom. The lowest BCUT2D eigenvalue weighted by atomic mass is 9.93. The molecule has 112 valence electrons. The summed E-state index contributed by atoms with van der Waals surface area (Å²) in [7, 11) is 4.00. The number of aromatic nitrogens is 1. The average Bonchev–Trinajstić information content (AvgIpc) is 2.43. The maximum Gasteiger partial charge on any atom is 0.255 e. The number of hydrogen-bond acceptors (Lipinski definition) is 3. The molecule has 5 heteroatoms. The van der Waals surface area contributed by atoms with Gasteiger partial charge >= 0.3 is 0 Å². The van der Waals surface area contributed by atoms with E-state index in [1.165, 1.54) is 12.3 Å². The normalized spacial score (nSPS) is 12.8. The van der Waals surface area contributed by atoms with Crippen molar-refractivity contribution in [3.63, 3.8) is 0 Å². The summed E-state index contributed by atoms with van der Waals surface area (Å²) >= 11 is 0. The Bertz CT molecular complexity index is 433. The first-order chi connectivity index (χ1) is 9.51. The molecule has 0 aliphatic rings. The largest absolute Gasteiger partial charge is 0.350 e. The van der Waals surface area contributed by atoms with E-state index in [1.54, 1.807) is 6.07 Å². The molecular formula is C15H24FN3O. The van der Waals surface area contributed by atoms with Crippen molar-refractivity contribution in [1.29, 1.82) is 0 Å². The highest BCUT2D eigenvalue weighted by molar-refractivity contribution is 5.94. The molecule has 0 fully saturated rings. The average molecular weight is 281 g/mol. The first-order valence-corrected chi connectivity index (χ1v) is 7.06. The highest BCUT2D eigenvalue weighted by Crippen LogP contribution is 2.16. The number of amides is 1. The molecule has 1 aromatic rings. The fraction of sp³-hybridized carbons (Fsp3) is 0.600. The van der Waals surface area contributed by atoms with Crippen LogP contribution in [-0.4, -0.2) is 42.5 Å². The molecule has 0 saturated carbocycles. The molecule has 1 atom stereocenters. The maximum atomic E-state index is 13.4. The van der Waals surface area contributed by atoms with Crippen LogP contribution in [0.2, 0.25) is 0 Å².